The minimum Gasteiger partial charge on any atom is -0.481 e. The van der Waals surface area contributed by atoms with E-state index in [2.05, 4.69) is 19.2 Å². The van der Waals surface area contributed by atoms with Crippen LogP contribution in [0.2, 0.25) is 0 Å². The van der Waals surface area contributed by atoms with E-state index in [0.29, 0.717) is 24.8 Å². The molecule has 0 saturated heterocycles. The molecule has 1 rings (SSSR count). The van der Waals surface area contributed by atoms with Crippen molar-refractivity contribution < 1.29 is 14.7 Å². The van der Waals surface area contributed by atoms with Crippen molar-refractivity contribution in [3.8, 4) is 0 Å². The van der Waals surface area contributed by atoms with Crippen LogP contribution in [0.5, 0.6) is 0 Å². The van der Waals surface area contributed by atoms with Crippen LogP contribution in [0.1, 0.15) is 72.1 Å². The monoisotopic (exact) mass is 297 g/mol. The van der Waals surface area contributed by atoms with Crippen molar-refractivity contribution >= 4 is 11.9 Å². The summed E-state index contributed by atoms with van der Waals surface area (Å²) in [6.07, 6.45) is 7.64. The summed E-state index contributed by atoms with van der Waals surface area (Å²) < 4.78 is 0. The van der Waals surface area contributed by atoms with E-state index in [1.54, 1.807) is 0 Å². The van der Waals surface area contributed by atoms with Crippen LogP contribution >= 0.6 is 0 Å². The van der Waals surface area contributed by atoms with Gasteiger partial charge in [-0.15, -0.1) is 0 Å². The maximum Gasteiger partial charge on any atom is 0.306 e. The fourth-order valence-corrected chi connectivity index (χ4v) is 3.13. The molecule has 0 radical (unpaired) electrons. The van der Waals surface area contributed by atoms with Gasteiger partial charge in [0.25, 0.3) is 0 Å². The van der Waals surface area contributed by atoms with Gasteiger partial charge in [-0.2, -0.15) is 0 Å². The molecule has 0 heterocycles. The molecular weight excluding hydrogens is 266 g/mol. The number of nitrogens with one attached hydrogen (secondary N) is 1. The number of hydrogen-bond donors (Lipinski definition) is 2. The highest BCUT2D eigenvalue weighted by Crippen LogP contribution is 2.24. The molecule has 2 atom stereocenters. The van der Waals surface area contributed by atoms with Crippen LogP contribution in [-0.4, -0.2) is 23.0 Å². The first-order valence-corrected chi connectivity index (χ1v) is 8.42. The van der Waals surface area contributed by atoms with Crippen molar-refractivity contribution in [3.63, 3.8) is 0 Å². The average Bonchev–Trinajstić information content (AvgIpc) is 2.38. The first kappa shape index (κ1) is 18.0. The van der Waals surface area contributed by atoms with Crippen LogP contribution in [0, 0.1) is 17.8 Å². The van der Waals surface area contributed by atoms with E-state index in [1.165, 1.54) is 19.3 Å². The van der Waals surface area contributed by atoms with Crippen molar-refractivity contribution in [2.75, 3.05) is 0 Å². The number of hydrogen-bond acceptors (Lipinski definition) is 2. The van der Waals surface area contributed by atoms with E-state index in [-0.39, 0.29) is 11.8 Å². The highest BCUT2D eigenvalue weighted by molar-refractivity contribution is 5.78. The number of carbonyl (C=O) groups excluding carboxylic acids is 1. The Morgan fingerprint density at radius 2 is 1.71 bits per heavy atom. The Morgan fingerprint density at radius 1 is 1.10 bits per heavy atom. The predicted octanol–water partition coefficient (Wildman–Crippen LogP) is 3.60. The Morgan fingerprint density at radius 3 is 2.24 bits per heavy atom. The molecule has 1 aliphatic carbocycles. The molecule has 21 heavy (non-hydrogen) atoms. The summed E-state index contributed by atoms with van der Waals surface area (Å²) in [5.74, 6) is -0.775. The third-order valence-electron chi connectivity index (χ3n) is 4.54. The van der Waals surface area contributed by atoms with Crippen molar-refractivity contribution in [1.29, 1.82) is 0 Å². The molecule has 1 fully saturated rings. The maximum atomic E-state index is 12.1. The van der Waals surface area contributed by atoms with Gasteiger partial charge in [-0.25, -0.2) is 0 Å². The number of carboxylic acids is 1. The fraction of sp³-hybridized carbons (Fsp3) is 0.882. The van der Waals surface area contributed by atoms with Gasteiger partial charge in [-0.05, 0) is 31.1 Å². The van der Waals surface area contributed by atoms with E-state index in [1.807, 2.05) is 6.92 Å². The van der Waals surface area contributed by atoms with Gasteiger partial charge < -0.3 is 10.4 Å². The lowest BCUT2D eigenvalue weighted by atomic mass is 9.85. The highest BCUT2D eigenvalue weighted by atomic mass is 16.4. The molecular formula is C17H31NO3. The molecule has 0 aromatic heterocycles. The summed E-state index contributed by atoms with van der Waals surface area (Å²) in [6.45, 7) is 6.08. The van der Waals surface area contributed by atoms with Gasteiger partial charge in [-0.1, -0.05) is 46.5 Å². The SMILES string of the molecule is CC(C)CC[C@@H](C(=O)O)[C@H](C)CC(=O)NC1CCCCC1. The minimum absolute atomic E-state index is 0.0187. The molecule has 0 aromatic carbocycles. The van der Waals surface area contributed by atoms with E-state index >= 15 is 0 Å². The van der Waals surface area contributed by atoms with Gasteiger partial charge in [-0.3, -0.25) is 9.59 Å². The Bertz CT molecular complexity index is 335. The third kappa shape index (κ3) is 6.96. The summed E-state index contributed by atoms with van der Waals surface area (Å²) in [4.78, 5) is 23.5. The molecule has 0 unspecified atom stereocenters. The smallest absolute Gasteiger partial charge is 0.306 e. The lowest BCUT2D eigenvalue weighted by Gasteiger charge is -2.25. The topological polar surface area (TPSA) is 66.4 Å². The predicted molar refractivity (Wildman–Crippen MR) is 84.0 cm³/mol. The second kappa shape index (κ2) is 9.06. The Hall–Kier alpha value is -1.06. The molecule has 1 amide bonds. The van der Waals surface area contributed by atoms with Crippen LogP contribution in [0.25, 0.3) is 0 Å². The van der Waals surface area contributed by atoms with Crippen LogP contribution in [-0.2, 0) is 9.59 Å². The highest BCUT2D eigenvalue weighted by Gasteiger charge is 2.27. The third-order valence-corrected chi connectivity index (χ3v) is 4.54. The van der Waals surface area contributed by atoms with Gasteiger partial charge in [0, 0.05) is 12.5 Å². The van der Waals surface area contributed by atoms with Gasteiger partial charge >= 0.3 is 5.97 Å². The Labute approximate surface area is 128 Å². The van der Waals surface area contributed by atoms with Gasteiger partial charge in [0.2, 0.25) is 5.91 Å². The first-order valence-electron chi connectivity index (χ1n) is 8.42. The number of carboxylic acid groups (broad SMARTS) is 1. The molecule has 4 nitrogen and oxygen atoms in total. The Balaban J connectivity index is 2.41. The molecule has 1 saturated carbocycles. The van der Waals surface area contributed by atoms with Crippen molar-refractivity contribution in [1.82, 2.24) is 5.32 Å². The molecule has 1 aliphatic rings. The first-order chi connectivity index (χ1) is 9.90. The molecule has 122 valence electrons. The van der Waals surface area contributed by atoms with Crippen molar-refractivity contribution in [2.45, 2.75) is 78.2 Å². The van der Waals surface area contributed by atoms with Gasteiger partial charge in [0.1, 0.15) is 0 Å². The molecule has 0 spiro atoms. The summed E-state index contributed by atoms with van der Waals surface area (Å²) >= 11 is 0. The van der Waals surface area contributed by atoms with E-state index in [9.17, 15) is 14.7 Å². The van der Waals surface area contributed by atoms with E-state index in [4.69, 9.17) is 0 Å². The van der Waals surface area contributed by atoms with Crippen LogP contribution < -0.4 is 5.32 Å². The summed E-state index contributed by atoms with van der Waals surface area (Å²) in [7, 11) is 0. The van der Waals surface area contributed by atoms with Crippen molar-refractivity contribution in [2.24, 2.45) is 17.8 Å². The fourth-order valence-electron chi connectivity index (χ4n) is 3.13. The van der Waals surface area contributed by atoms with Crippen LogP contribution in [0.15, 0.2) is 0 Å². The summed E-state index contributed by atoms with van der Waals surface area (Å²) in [6, 6.07) is 0.303. The zero-order chi connectivity index (χ0) is 15.8. The Kier molecular flexibility index (Phi) is 7.76. The maximum absolute atomic E-state index is 12.1. The van der Waals surface area contributed by atoms with Crippen LogP contribution in [0.4, 0.5) is 0 Å². The largest absolute Gasteiger partial charge is 0.481 e. The summed E-state index contributed by atoms with van der Waals surface area (Å²) in [5.41, 5.74) is 0. The van der Waals surface area contributed by atoms with Crippen molar-refractivity contribution in [3.05, 3.63) is 0 Å². The number of rotatable bonds is 8. The number of amides is 1. The normalized spacial score (nSPS) is 19.2. The zero-order valence-electron chi connectivity index (χ0n) is 13.7. The lowest BCUT2D eigenvalue weighted by Crippen LogP contribution is -2.38. The van der Waals surface area contributed by atoms with Gasteiger partial charge in [0.05, 0.1) is 5.92 Å². The standard InChI is InChI=1S/C17H31NO3/c1-12(2)9-10-15(17(20)21)13(3)11-16(19)18-14-7-5-4-6-8-14/h12-15H,4-11H2,1-3H3,(H,18,19)(H,20,21)/t13-,15-/m1/s1. The molecule has 2 N–H and O–H groups in total. The second-order valence-corrected chi connectivity index (χ2v) is 7.00. The van der Waals surface area contributed by atoms with E-state index in [0.717, 1.165) is 19.3 Å². The number of carbonyl (C=O) groups is 2. The van der Waals surface area contributed by atoms with Crippen LogP contribution in [0.3, 0.4) is 0 Å². The molecule has 4 heteroatoms. The van der Waals surface area contributed by atoms with Gasteiger partial charge in [0.15, 0.2) is 0 Å². The van der Waals surface area contributed by atoms with E-state index < -0.39 is 11.9 Å². The summed E-state index contributed by atoms with van der Waals surface area (Å²) in [5, 5.41) is 12.4. The second-order valence-electron chi connectivity index (χ2n) is 7.00. The molecule has 0 aliphatic heterocycles. The minimum atomic E-state index is -0.770. The molecule has 0 bridgehead atoms. The molecule has 0 aromatic rings. The average molecular weight is 297 g/mol. The zero-order valence-corrected chi connectivity index (χ0v) is 13.7. The quantitative estimate of drug-likeness (QED) is 0.719. The number of aliphatic carboxylic acids is 1. The lowest BCUT2D eigenvalue weighted by molar-refractivity contribution is -0.144.